The van der Waals surface area contributed by atoms with Gasteiger partial charge in [-0.2, -0.15) is 0 Å². The summed E-state index contributed by atoms with van der Waals surface area (Å²) >= 11 is 0. The Morgan fingerprint density at radius 1 is 1.20 bits per heavy atom. The van der Waals surface area contributed by atoms with Crippen LogP contribution in [0.25, 0.3) is 0 Å². The number of carbonyl (C=O) groups is 3. The summed E-state index contributed by atoms with van der Waals surface area (Å²) in [5.74, 6) is -0.184. The number of rotatable bonds is 5. The number of aliphatic hydroxyl groups excluding tert-OH is 1. The Hall–Kier alpha value is -2.27. The van der Waals surface area contributed by atoms with Gasteiger partial charge in [-0.3, -0.25) is 14.4 Å². The molecule has 1 aliphatic heterocycles. The van der Waals surface area contributed by atoms with E-state index in [0.717, 1.165) is 12.8 Å². The summed E-state index contributed by atoms with van der Waals surface area (Å²) in [7, 11) is 0. The first-order valence-electron chi connectivity index (χ1n) is 8.83. The van der Waals surface area contributed by atoms with Gasteiger partial charge in [0.25, 0.3) is 0 Å². The van der Waals surface area contributed by atoms with Crippen molar-refractivity contribution in [1.82, 2.24) is 4.90 Å². The van der Waals surface area contributed by atoms with Crippen molar-refractivity contribution >= 4 is 17.5 Å². The summed E-state index contributed by atoms with van der Waals surface area (Å²) in [6.07, 6.45) is 3.05. The molecule has 1 N–H and O–H groups in total. The van der Waals surface area contributed by atoms with Crippen LogP contribution in [0.5, 0.6) is 0 Å². The van der Waals surface area contributed by atoms with Crippen LogP contribution in [0.1, 0.15) is 59.7 Å². The molecule has 1 amide bonds. The van der Waals surface area contributed by atoms with E-state index < -0.39 is 0 Å². The molecule has 1 atom stereocenters. The molecular formula is C20H23NO4. The average molecular weight is 341 g/mol. The number of benzene rings is 1. The molecule has 1 aromatic rings. The molecule has 0 aromatic heterocycles. The van der Waals surface area contributed by atoms with Crippen LogP contribution in [0.3, 0.4) is 0 Å². The van der Waals surface area contributed by atoms with Crippen LogP contribution in [-0.4, -0.2) is 46.7 Å². The number of ketones is 2. The SMILES string of the molecule is CC1=C(CCCC(=O)N2CCCC2CO)C(=O)c2ccccc2C1=O. The number of allylic oxidation sites excluding steroid dienone is 2. The van der Waals surface area contributed by atoms with Gasteiger partial charge >= 0.3 is 0 Å². The minimum Gasteiger partial charge on any atom is -0.394 e. The van der Waals surface area contributed by atoms with E-state index in [1.165, 1.54) is 0 Å². The molecule has 3 rings (SSSR count). The lowest BCUT2D eigenvalue weighted by Crippen LogP contribution is -2.37. The lowest BCUT2D eigenvalue weighted by atomic mass is 9.83. The Morgan fingerprint density at radius 3 is 2.56 bits per heavy atom. The van der Waals surface area contributed by atoms with Crippen molar-refractivity contribution in [2.45, 2.75) is 45.1 Å². The van der Waals surface area contributed by atoms with Gasteiger partial charge in [-0.05, 0) is 32.6 Å². The first-order chi connectivity index (χ1) is 12.0. The van der Waals surface area contributed by atoms with Crippen molar-refractivity contribution < 1.29 is 19.5 Å². The van der Waals surface area contributed by atoms with Crippen LogP contribution in [0.15, 0.2) is 35.4 Å². The smallest absolute Gasteiger partial charge is 0.222 e. The largest absolute Gasteiger partial charge is 0.394 e. The van der Waals surface area contributed by atoms with Gasteiger partial charge in [-0.25, -0.2) is 0 Å². The van der Waals surface area contributed by atoms with Gasteiger partial charge in [0.1, 0.15) is 0 Å². The van der Waals surface area contributed by atoms with Gasteiger partial charge in [0.15, 0.2) is 11.6 Å². The van der Waals surface area contributed by atoms with E-state index in [4.69, 9.17) is 0 Å². The van der Waals surface area contributed by atoms with E-state index in [1.54, 1.807) is 36.1 Å². The van der Waals surface area contributed by atoms with Gasteiger partial charge in [0.2, 0.25) is 5.91 Å². The highest BCUT2D eigenvalue weighted by molar-refractivity contribution is 6.26. The fraction of sp³-hybridized carbons (Fsp3) is 0.450. The molecule has 1 heterocycles. The molecule has 1 fully saturated rings. The second-order valence-electron chi connectivity index (χ2n) is 6.73. The molecule has 5 nitrogen and oxygen atoms in total. The first kappa shape index (κ1) is 17.5. The minimum absolute atomic E-state index is 0.000225. The third kappa shape index (κ3) is 3.29. The van der Waals surface area contributed by atoms with Crippen molar-refractivity contribution in [2.24, 2.45) is 0 Å². The Kier molecular flexibility index (Phi) is 5.13. The second kappa shape index (κ2) is 7.31. The monoisotopic (exact) mass is 341 g/mol. The maximum atomic E-state index is 12.7. The Balaban J connectivity index is 1.65. The Morgan fingerprint density at radius 2 is 1.88 bits per heavy atom. The molecule has 1 saturated heterocycles. The zero-order chi connectivity index (χ0) is 18.0. The number of carbonyl (C=O) groups excluding carboxylic acids is 3. The molecule has 25 heavy (non-hydrogen) atoms. The van der Waals surface area contributed by atoms with E-state index >= 15 is 0 Å². The zero-order valence-corrected chi connectivity index (χ0v) is 14.5. The molecule has 0 radical (unpaired) electrons. The highest BCUT2D eigenvalue weighted by Crippen LogP contribution is 2.29. The maximum absolute atomic E-state index is 12.7. The highest BCUT2D eigenvalue weighted by atomic mass is 16.3. The number of Topliss-reactive ketones (excluding diaryl/α,β-unsaturated/α-hetero) is 2. The third-order valence-corrected chi connectivity index (χ3v) is 5.21. The minimum atomic E-state index is -0.102. The normalized spacial score (nSPS) is 20.2. The molecule has 0 spiro atoms. The second-order valence-corrected chi connectivity index (χ2v) is 6.73. The number of nitrogens with zero attached hydrogens (tertiary/aromatic N) is 1. The molecule has 1 aliphatic carbocycles. The van der Waals surface area contributed by atoms with Crippen LogP contribution < -0.4 is 0 Å². The van der Waals surface area contributed by atoms with E-state index in [2.05, 4.69) is 0 Å². The number of likely N-dealkylation sites (tertiary alicyclic amines) is 1. The van der Waals surface area contributed by atoms with Crippen LogP contribution >= 0.6 is 0 Å². The fourth-order valence-corrected chi connectivity index (χ4v) is 3.77. The number of hydrogen-bond acceptors (Lipinski definition) is 4. The quantitative estimate of drug-likeness (QED) is 0.893. The lowest BCUT2D eigenvalue weighted by molar-refractivity contribution is -0.132. The molecule has 132 valence electrons. The summed E-state index contributed by atoms with van der Waals surface area (Å²) < 4.78 is 0. The fourth-order valence-electron chi connectivity index (χ4n) is 3.77. The molecule has 1 unspecified atom stereocenters. The molecule has 1 aromatic carbocycles. The topological polar surface area (TPSA) is 74.7 Å². The summed E-state index contributed by atoms with van der Waals surface area (Å²) in [5.41, 5.74) is 1.94. The molecule has 0 bridgehead atoms. The van der Waals surface area contributed by atoms with Gasteiger partial charge in [-0.15, -0.1) is 0 Å². The van der Waals surface area contributed by atoms with Crippen molar-refractivity contribution in [1.29, 1.82) is 0 Å². The number of hydrogen-bond donors (Lipinski definition) is 1. The van der Waals surface area contributed by atoms with Gasteiger partial charge in [-0.1, -0.05) is 24.3 Å². The molecule has 2 aliphatic rings. The molecular weight excluding hydrogens is 318 g/mol. The van der Waals surface area contributed by atoms with Crippen LogP contribution in [0.4, 0.5) is 0 Å². The first-order valence-corrected chi connectivity index (χ1v) is 8.83. The Bertz CT molecular complexity index is 750. The summed E-state index contributed by atoms with van der Waals surface area (Å²) in [5, 5.41) is 9.32. The van der Waals surface area contributed by atoms with E-state index in [9.17, 15) is 19.5 Å². The van der Waals surface area contributed by atoms with E-state index in [0.29, 0.717) is 48.1 Å². The van der Waals surface area contributed by atoms with Crippen LogP contribution in [0, 0.1) is 0 Å². The van der Waals surface area contributed by atoms with Gasteiger partial charge < -0.3 is 10.0 Å². The summed E-state index contributed by atoms with van der Waals surface area (Å²) in [6, 6.07) is 6.81. The predicted molar refractivity (Wildman–Crippen MR) is 93.5 cm³/mol. The van der Waals surface area contributed by atoms with Crippen molar-refractivity contribution in [3.05, 3.63) is 46.5 Å². The lowest BCUT2D eigenvalue weighted by Gasteiger charge is -2.23. The molecule has 0 saturated carbocycles. The Labute approximate surface area is 147 Å². The van der Waals surface area contributed by atoms with Crippen LogP contribution in [-0.2, 0) is 4.79 Å². The van der Waals surface area contributed by atoms with Crippen LogP contribution in [0.2, 0.25) is 0 Å². The average Bonchev–Trinajstić information content (AvgIpc) is 3.11. The van der Waals surface area contributed by atoms with Crippen molar-refractivity contribution in [2.75, 3.05) is 13.2 Å². The number of fused-ring (bicyclic) bond motifs is 1. The third-order valence-electron chi connectivity index (χ3n) is 5.21. The zero-order valence-electron chi connectivity index (χ0n) is 14.5. The van der Waals surface area contributed by atoms with Gasteiger partial charge in [0, 0.05) is 35.2 Å². The van der Waals surface area contributed by atoms with Crippen molar-refractivity contribution in [3.8, 4) is 0 Å². The predicted octanol–water partition coefficient (Wildman–Crippen LogP) is 2.54. The van der Waals surface area contributed by atoms with Gasteiger partial charge in [0.05, 0.1) is 12.6 Å². The van der Waals surface area contributed by atoms with E-state index in [-0.39, 0.29) is 30.1 Å². The van der Waals surface area contributed by atoms with Crippen molar-refractivity contribution in [3.63, 3.8) is 0 Å². The standard InChI is InChI=1S/C20H23NO4/c1-13-15(20(25)17-8-3-2-7-16(17)19(13)24)9-4-10-18(23)21-11-5-6-14(21)12-22/h2-3,7-8,14,22H,4-6,9-12H2,1H3. The summed E-state index contributed by atoms with van der Waals surface area (Å²) in [6.45, 7) is 2.38. The summed E-state index contributed by atoms with van der Waals surface area (Å²) in [4.78, 5) is 39.2. The number of amides is 1. The highest BCUT2D eigenvalue weighted by Gasteiger charge is 2.30. The van der Waals surface area contributed by atoms with E-state index in [1.807, 2.05) is 0 Å². The number of aliphatic hydroxyl groups is 1. The maximum Gasteiger partial charge on any atom is 0.222 e. The molecule has 5 heteroatoms.